The first-order chi connectivity index (χ1) is 27.5. The number of rotatable bonds is 26. The Kier molecular flexibility index (Phi) is 19.7. The molecule has 0 saturated carbocycles. The summed E-state index contributed by atoms with van der Waals surface area (Å²) in [5.41, 5.74) is 7.73. The molecule has 0 aliphatic rings. The second-order valence-electron chi connectivity index (χ2n) is 15.9. The number of nitrogens with two attached hydrogens (primary N) is 1. The van der Waals surface area contributed by atoms with E-state index in [9.17, 15) is 33.5 Å². The third-order valence-corrected chi connectivity index (χ3v) is 10.9. The summed E-state index contributed by atoms with van der Waals surface area (Å²) >= 11 is 1.24. The lowest BCUT2D eigenvalue weighted by Gasteiger charge is -2.41. The number of halogens is 2. The Bertz CT molecular complexity index is 1820. The lowest BCUT2D eigenvalue weighted by atomic mass is 9.83. The lowest BCUT2D eigenvalue weighted by molar-refractivity contribution is -0.142. The number of thioether (sulfide) groups is 1. The Morgan fingerprint density at radius 3 is 2.33 bits per heavy atom. The highest BCUT2D eigenvalue weighted by molar-refractivity contribution is 7.99. The number of ketones is 2. The van der Waals surface area contributed by atoms with E-state index in [0.29, 0.717) is 38.0 Å². The number of carboxylic acids is 1. The third kappa shape index (κ3) is 15.4. The molecular formula is C44H61F2N5O6S. The van der Waals surface area contributed by atoms with Gasteiger partial charge in [0.2, 0.25) is 11.8 Å². The van der Waals surface area contributed by atoms with Crippen LogP contribution in [-0.4, -0.2) is 88.2 Å². The SMILES string of the molecule is CNCCCC[C@H](CC(C)=O)C(=O)CC[C@@H](NC(=O)CCSCC(=O)N(CCCN)[C@@H](c1cc(-c2cc(F)ccc2F)cn1Cc1ccccc1)C(C)(C)C)C(=O)O. The van der Waals surface area contributed by atoms with E-state index in [4.69, 9.17) is 5.73 Å². The number of Topliss-reactive ketones (excluding diaryl/α,β-unsaturated/α-hetero) is 2. The maximum absolute atomic E-state index is 15.1. The standard InChI is InChI=1S/C44H61F2N5O6S/c1-30(52)24-32(14-9-10-21-48-5)39(53)18-17-37(43(56)57)49-40(54)19-23-58-29-41(55)51(22-11-20-47)42(44(2,3)4)38-25-33(35-26-34(45)15-16-36(35)46)28-50(38)27-31-12-7-6-8-13-31/h6-8,12-13,15-16,25-26,28,32,37,42,48H,9-11,14,17-24,27,29,47H2,1-5H3,(H,49,54)(H,56,57)/t32-,37-,42+/m1/s1. The Balaban J connectivity index is 1.73. The van der Waals surface area contributed by atoms with Crippen molar-refractivity contribution in [1.29, 1.82) is 0 Å². The second kappa shape index (κ2) is 23.9. The molecule has 1 heterocycles. The minimum atomic E-state index is -1.28. The molecule has 3 atom stereocenters. The molecule has 0 spiro atoms. The molecule has 58 heavy (non-hydrogen) atoms. The fourth-order valence-corrected chi connectivity index (χ4v) is 7.92. The largest absolute Gasteiger partial charge is 0.480 e. The zero-order valence-corrected chi connectivity index (χ0v) is 35.3. The van der Waals surface area contributed by atoms with Gasteiger partial charge in [-0.1, -0.05) is 57.5 Å². The molecule has 0 radical (unpaired) electrons. The number of nitrogens with one attached hydrogen (secondary N) is 2. The van der Waals surface area contributed by atoms with E-state index in [2.05, 4.69) is 10.6 Å². The summed E-state index contributed by atoms with van der Waals surface area (Å²) in [4.78, 5) is 65.7. The van der Waals surface area contributed by atoms with E-state index < -0.39 is 46.9 Å². The molecule has 0 unspecified atom stereocenters. The molecule has 3 aromatic rings. The van der Waals surface area contributed by atoms with Crippen LogP contribution in [-0.2, 0) is 30.5 Å². The summed E-state index contributed by atoms with van der Waals surface area (Å²) in [6.45, 7) is 9.36. The van der Waals surface area contributed by atoms with E-state index in [1.165, 1.54) is 18.7 Å². The topological polar surface area (TPSA) is 164 Å². The first kappa shape index (κ1) is 48.0. The fourth-order valence-electron chi connectivity index (χ4n) is 7.11. The monoisotopic (exact) mass is 825 g/mol. The summed E-state index contributed by atoms with van der Waals surface area (Å²) in [7, 11) is 1.84. The Labute approximate surface area is 345 Å². The van der Waals surface area contributed by atoms with Gasteiger partial charge >= 0.3 is 5.97 Å². The molecular weight excluding hydrogens is 765 g/mol. The van der Waals surface area contributed by atoms with Crippen LogP contribution in [0.15, 0.2) is 60.8 Å². The number of hydrogen-bond acceptors (Lipinski definition) is 8. The number of nitrogens with zero attached hydrogens (tertiary/aromatic N) is 2. The second-order valence-corrected chi connectivity index (χ2v) is 17.0. The van der Waals surface area contributed by atoms with Crippen LogP contribution in [0.25, 0.3) is 11.1 Å². The Hall–Kier alpha value is -4.40. The summed E-state index contributed by atoms with van der Waals surface area (Å²) in [6, 6.07) is 13.1. The van der Waals surface area contributed by atoms with E-state index in [-0.39, 0.29) is 60.2 Å². The van der Waals surface area contributed by atoms with Crippen LogP contribution in [0.3, 0.4) is 0 Å². The first-order valence-corrected chi connectivity index (χ1v) is 21.2. The molecule has 0 bridgehead atoms. The molecule has 0 aliphatic heterocycles. The van der Waals surface area contributed by atoms with Gasteiger partial charge in [-0.15, -0.1) is 0 Å². The van der Waals surface area contributed by atoms with Crippen LogP contribution in [0.5, 0.6) is 0 Å². The van der Waals surface area contributed by atoms with Crippen molar-refractivity contribution in [3.05, 3.63) is 83.7 Å². The molecule has 14 heteroatoms. The van der Waals surface area contributed by atoms with Crippen molar-refractivity contribution in [2.75, 3.05) is 38.2 Å². The van der Waals surface area contributed by atoms with Gasteiger partial charge in [0.05, 0.1) is 11.8 Å². The quantitative estimate of drug-likeness (QED) is 0.0640. The van der Waals surface area contributed by atoms with Crippen LogP contribution in [0.4, 0.5) is 8.78 Å². The molecule has 318 valence electrons. The third-order valence-electron chi connectivity index (χ3n) is 9.93. The molecule has 1 aromatic heterocycles. The fraction of sp³-hybridized carbons (Fsp3) is 0.523. The predicted octanol–water partition coefficient (Wildman–Crippen LogP) is 6.77. The zero-order valence-electron chi connectivity index (χ0n) is 34.5. The van der Waals surface area contributed by atoms with E-state index in [0.717, 1.165) is 48.8 Å². The van der Waals surface area contributed by atoms with Crippen molar-refractivity contribution in [3.8, 4) is 11.1 Å². The minimum Gasteiger partial charge on any atom is -0.480 e. The van der Waals surface area contributed by atoms with Gasteiger partial charge in [-0.25, -0.2) is 13.6 Å². The Morgan fingerprint density at radius 1 is 0.966 bits per heavy atom. The predicted molar refractivity (Wildman–Crippen MR) is 225 cm³/mol. The first-order valence-electron chi connectivity index (χ1n) is 20.0. The molecule has 0 fully saturated rings. The van der Waals surface area contributed by atoms with Crippen molar-refractivity contribution in [3.63, 3.8) is 0 Å². The number of carbonyl (C=O) groups excluding carboxylic acids is 4. The van der Waals surface area contributed by atoms with Gasteiger partial charge in [-0.3, -0.25) is 14.4 Å². The van der Waals surface area contributed by atoms with Crippen molar-refractivity contribution in [1.82, 2.24) is 20.1 Å². The van der Waals surface area contributed by atoms with Crippen molar-refractivity contribution in [2.45, 2.75) is 97.7 Å². The van der Waals surface area contributed by atoms with Crippen LogP contribution >= 0.6 is 11.8 Å². The average molecular weight is 826 g/mol. The van der Waals surface area contributed by atoms with Gasteiger partial charge in [0.25, 0.3) is 0 Å². The van der Waals surface area contributed by atoms with Crippen LogP contribution in [0.1, 0.15) is 96.4 Å². The van der Waals surface area contributed by atoms with E-state index >= 15 is 4.39 Å². The van der Waals surface area contributed by atoms with Crippen LogP contribution < -0.4 is 16.4 Å². The molecule has 0 aliphatic carbocycles. The van der Waals surface area contributed by atoms with Crippen molar-refractivity contribution in [2.24, 2.45) is 17.1 Å². The zero-order chi connectivity index (χ0) is 42.8. The summed E-state index contributed by atoms with van der Waals surface area (Å²) in [5, 5.41) is 15.4. The molecule has 5 N–H and O–H groups in total. The highest BCUT2D eigenvalue weighted by Gasteiger charge is 2.37. The van der Waals surface area contributed by atoms with E-state index in [1.54, 1.807) is 11.1 Å². The highest BCUT2D eigenvalue weighted by Crippen LogP contribution is 2.41. The smallest absolute Gasteiger partial charge is 0.326 e. The molecule has 2 aromatic carbocycles. The number of carbonyl (C=O) groups is 5. The van der Waals surface area contributed by atoms with Crippen LogP contribution in [0, 0.1) is 23.0 Å². The number of amides is 2. The number of benzene rings is 2. The molecule has 3 rings (SSSR count). The summed E-state index contributed by atoms with van der Waals surface area (Å²) in [6.07, 6.45) is 4.32. The van der Waals surface area contributed by atoms with Crippen molar-refractivity contribution < 1.29 is 37.9 Å². The van der Waals surface area contributed by atoms with Crippen LogP contribution in [0.2, 0.25) is 0 Å². The average Bonchev–Trinajstić information content (AvgIpc) is 3.57. The molecule has 0 saturated heterocycles. The van der Waals surface area contributed by atoms with E-state index in [1.807, 2.05) is 68.8 Å². The number of hydrogen-bond donors (Lipinski definition) is 4. The number of aliphatic carboxylic acids is 1. The van der Waals surface area contributed by atoms with Gasteiger partial charge in [-0.2, -0.15) is 11.8 Å². The molecule has 11 nitrogen and oxygen atoms in total. The van der Waals surface area contributed by atoms with Gasteiger partial charge < -0.3 is 35.7 Å². The van der Waals surface area contributed by atoms with Gasteiger partial charge in [0.1, 0.15) is 29.2 Å². The normalized spacial score (nSPS) is 13.1. The maximum atomic E-state index is 15.1. The number of carboxylic acid groups (broad SMARTS) is 1. The van der Waals surface area contributed by atoms with Crippen molar-refractivity contribution >= 4 is 41.1 Å². The van der Waals surface area contributed by atoms with Gasteiger partial charge in [0.15, 0.2) is 0 Å². The number of unbranched alkanes of at least 4 members (excludes halogenated alkanes) is 1. The Morgan fingerprint density at radius 2 is 1.69 bits per heavy atom. The highest BCUT2D eigenvalue weighted by atomic mass is 32.2. The maximum Gasteiger partial charge on any atom is 0.326 e. The minimum absolute atomic E-state index is 0.0257. The summed E-state index contributed by atoms with van der Waals surface area (Å²) in [5.74, 6) is -3.63. The molecule has 2 amide bonds. The van der Waals surface area contributed by atoms with Gasteiger partial charge in [-0.05, 0) is 88.0 Å². The summed E-state index contributed by atoms with van der Waals surface area (Å²) < 4.78 is 31.4. The lowest BCUT2D eigenvalue weighted by Crippen LogP contribution is -2.44. The van der Waals surface area contributed by atoms with Gasteiger partial charge in [0, 0.05) is 67.0 Å². The number of aromatic nitrogens is 1.